The SMILES string of the molecule is COc1cccc(C(=O)OCc2csc(C)n2)c1N. The van der Waals surface area contributed by atoms with Crippen molar-refractivity contribution in [1.29, 1.82) is 0 Å². The van der Waals surface area contributed by atoms with Crippen LogP contribution in [0.5, 0.6) is 5.75 Å². The molecular formula is C13H14N2O3S. The molecule has 19 heavy (non-hydrogen) atoms. The molecule has 0 atom stereocenters. The summed E-state index contributed by atoms with van der Waals surface area (Å²) < 4.78 is 10.2. The fourth-order valence-corrected chi connectivity index (χ4v) is 2.19. The van der Waals surface area contributed by atoms with Gasteiger partial charge in [-0.05, 0) is 19.1 Å². The van der Waals surface area contributed by atoms with E-state index in [1.807, 2.05) is 12.3 Å². The first-order valence-electron chi connectivity index (χ1n) is 5.62. The van der Waals surface area contributed by atoms with Crippen molar-refractivity contribution in [3.05, 3.63) is 39.8 Å². The highest BCUT2D eigenvalue weighted by Crippen LogP contribution is 2.25. The molecule has 2 aromatic rings. The van der Waals surface area contributed by atoms with Gasteiger partial charge in [0.25, 0.3) is 0 Å². The topological polar surface area (TPSA) is 74.4 Å². The van der Waals surface area contributed by atoms with E-state index in [4.69, 9.17) is 15.2 Å². The zero-order valence-corrected chi connectivity index (χ0v) is 11.5. The number of carbonyl (C=O) groups excluding carboxylic acids is 1. The number of benzene rings is 1. The molecule has 0 saturated carbocycles. The Balaban J connectivity index is 2.08. The van der Waals surface area contributed by atoms with E-state index >= 15 is 0 Å². The molecule has 100 valence electrons. The fraction of sp³-hybridized carbons (Fsp3) is 0.231. The van der Waals surface area contributed by atoms with Gasteiger partial charge in [0.05, 0.1) is 29.1 Å². The fourth-order valence-electron chi connectivity index (χ4n) is 1.59. The maximum Gasteiger partial charge on any atom is 0.340 e. The molecule has 0 fully saturated rings. The lowest BCUT2D eigenvalue weighted by Gasteiger charge is -2.09. The summed E-state index contributed by atoms with van der Waals surface area (Å²) in [5.41, 5.74) is 7.14. The summed E-state index contributed by atoms with van der Waals surface area (Å²) in [6.07, 6.45) is 0. The first kappa shape index (κ1) is 13.4. The molecule has 1 aromatic carbocycles. The number of nitrogens with two attached hydrogens (primary N) is 1. The lowest BCUT2D eigenvalue weighted by Crippen LogP contribution is -2.09. The summed E-state index contributed by atoms with van der Waals surface area (Å²) in [7, 11) is 1.50. The van der Waals surface area contributed by atoms with Crippen LogP contribution in [-0.4, -0.2) is 18.1 Å². The number of ether oxygens (including phenoxy) is 2. The maximum atomic E-state index is 11.9. The predicted octanol–water partition coefficient (Wildman–Crippen LogP) is 2.40. The molecule has 2 rings (SSSR count). The Morgan fingerprint density at radius 3 is 2.89 bits per heavy atom. The third kappa shape index (κ3) is 3.03. The van der Waals surface area contributed by atoms with Gasteiger partial charge >= 0.3 is 5.97 Å². The van der Waals surface area contributed by atoms with Crippen LogP contribution in [-0.2, 0) is 11.3 Å². The van der Waals surface area contributed by atoms with Crippen molar-refractivity contribution in [2.45, 2.75) is 13.5 Å². The average molecular weight is 278 g/mol. The summed E-state index contributed by atoms with van der Waals surface area (Å²) in [6, 6.07) is 4.99. The molecule has 0 unspecified atom stereocenters. The second-order valence-electron chi connectivity index (χ2n) is 3.86. The van der Waals surface area contributed by atoms with Crippen LogP contribution in [0.1, 0.15) is 21.1 Å². The highest BCUT2D eigenvalue weighted by Gasteiger charge is 2.14. The van der Waals surface area contributed by atoms with Crippen LogP contribution < -0.4 is 10.5 Å². The summed E-state index contributed by atoms with van der Waals surface area (Å²) in [5, 5.41) is 2.80. The van der Waals surface area contributed by atoms with Gasteiger partial charge in [0.1, 0.15) is 12.4 Å². The number of hydrogen-bond donors (Lipinski definition) is 1. The van der Waals surface area contributed by atoms with E-state index in [1.165, 1.54) is 18.4 Å². The Hall–Kier alpha value is -2.08. The van der Waals surface area contributed by atoms with Gasteiger partial charge in [-0.15, -0.1) is 11.3 Å². The summed E-state index contributed by atoms with van der Waals surface area (Å²) in [6.45, 7) is 2.04. The van der Waals surface area contributed by atoms with E-state index in [9.17, 15) is 4.79 Å². The molecule has 5 nitrogen and oxygen atoms in total. The number of rotatable bonds is 4. The summed E-state index contributed by atoms with van der Waals surface area (Å²) in [5.74, 6) is -0.0268. The lowest BCUT2D eigenvalue weighted by atomic mass is 10.1. The Bertz CT molecular complexity index is 595. The van der Waals surface area contributed by atoms with Crippen molar-refractivity contribution in [3.8, 4) is 5.75 Å². The van der Waals surface area contributed by atoms with Crippen LogP contribution in [0, 0.1) is 6.92 Å². The number of anilines is 1. The minimum absolute atomic E-state index is 0.139. The number of aromatic nitrogens is 1. The first-order chi connectivity index (χ1) is 9.11. The minimum atomic E-state index is -0.484. The highest BCUT2D eigenvalue weighted by atomic mass is 32.1. The molecule has 0 amide bonds. The van der Waals surface area contributed by atoms with Crippen LogP contribution in [0.4, 0.5) is 5.69 Å². The molecule has 1 heterocycles. The molecule has 0 spiro atoms. The van der Waals surface area contributed by atoms with E-state index in [0.717, 1.165) is 10.7 Å². The predicted molar refractivity (Wildman–Crippen MR) is 73.4 cm³/mol. The standard InChI is InChI=1S/C13H14N2O3S/c1-8-15-9(7-19-8)6-18-13(16)10-4-3-5-11(17-2)12(10)14/h3-5,7H,6,14H2,1-2H3. The molecular weight excluding hydrogens is 264 g/mol. The largest absolute Gasteiger partial charge is 0.495 e. The van der Waals surface area contributed by atoms with Crippen molar-refractivity contribution in [2.24, 2.45) is 0 Å². The summed E-state index contributed by atoms with van der Waals surface area (Å²) in [4.78, 5) is 16.1. The third-order valence-corrected chi connectivity index (χ3v) is 3.35. The number of nitrogen functional groups attached to an aromatic ring is 1. The van der Waals surface area contributed by atoms with Crippen LogP contribution in [0.3, 0.4) is 0 Å². The first-order valence-corrected chi connectivity index (χ1v) is 6.50. The van der Waals surface area contributed by atoms with Gasteiger partial charge in [-0.3, -0.25) is 0 Å². The number of hydrogen-bond acceptors (Lipinski definition) is 6. The Kier molecular flexibility index (Phi) is 4.01. The van der Waals surface area contributed by atoms with Gasteiger partial charge in [-0.25, -0.2) is 9.78 Å². The number of para-hydroxylation sites is 1. The molecule has 0 bridgehead atoms. The second-order valence-corrected chi connectivity index (χ2v) is 4.92. The van der Waals surface area contributed by atoms with Gasteiger partial charge in [0, 0.05) is 5.38 Å². The molecule has 0 aliphatic carbocycles. The van der Waals surface area contributed by atoms with E-state index in [0.29, 0.717) is 11.3 Å². The number of aryl methyl sites for hydroxylation is 1. The van der Waals surface area contributed by atoms with Gasteiger partial charge in [0.15, 0.2) is 0 Å². The molecule has 6 heteroatoms. The maximum absolute atomic E-state index is 11.9. The Labute approximate surface area is 115 Å². The third-order valence-electron chi connectivity index (χ3n) is 2.52. The number of carbonyl (C=O) groups is 1. The van der Waals surface area contributed by atoms with Crippen molar-refractivity contribution >= 4 is 23.0 Å². The van der Waals surface area contributed by atoms with Crippen LogP contribution in [0.15, 0.2) is 23.6 Å². The summed E-state index contributed by atoms with van der Waals surface area (Å²) >= 11 is 1.51. The van der Waals surface area contributed by atoms with Gasteiger partial charge in [-0.1, -0.05) is 6.07 Å². The zero-order valence-electron chi connectivity index (χ0n) is 10.7. The van der Waals surface area contributed by atoms with Gasteiger partial charge < -0.3 is 15.2 Å². The quantitative estimate of drug-likeness (QED) is 0.686. The normalized spacial score (nSPS) is 10.2. The monoisotopic (exact) mass is 278 g/mol. The van der Waals surface area contributed by atoms with E-state index in [-0.39, 0.29) is 12.3 Å². The van der Waals surface area contributed by atoms with Crippen molar-refractivity contribution in [1.82, 2.24) is 4.98 Å². The Morgan fingerprint density at radius 2 is 2.26 bits per heavy atom. The average Bonchev–Trinajstić information content (AvgIpc) is 2.82. The number of thiazole rings is 1. The van der Waals surface area contributed by atoms with Crippen LogP contribution >= 0.6 is 11.3 Å². The lowest BCUT2D eigenvalue weighted by molar-refractivity contribution is 0.0469. The smallest absolute Gasteiger partial charge is 0.340 e. The van der Waals surface area contributed by atoms with E-state index in [1.54, 1.807) is 18.2 Å². The number of esters is 1. The van der Waals surface area contributed by atoms with Crippen molar-refractivity contribution < 1.29 is 14.3 Å². The molecule has 0 aliphatic heterocycles. The molecule has 2 N–H and O–H groups in total. The van der Waals surface area contributed by atoms with Gasteiger partial charge in [-0.2, -0.15) is 0 Å². The van der Waals surface area contributed by atoms with Crippen molar-refractivity contribution in [3.63, 3.8) is 0 Å². The highest BCUT2D eigenvalue weighted by molar-refractivity contribution is 7.09. The Morgan fingerprint density at radius 1 is 1.47 bits per heavy atom. The number of nitrogens with zero attached hydrogens (tertiary/aromatic N) is 1. The molecule has 0 aliphatic rings. The van der Waals surface area contributed by atoms with Crippen molar-refractivity contribution in [2.75, 3.05) is 12.8 Å². The second kappa shape index (κ2) is 5.71. The van der Waals surface area contributed by atoms with E-state index < -0.39 is 5.97 Å². The zero-order chi connectivity index (χ0) is 13.8. The minimum Gasteiger partial charge on any atom is -0.495 e. The molecule has 1 aromatic heterocycles. The molecule has 0 radical (unpaired) electrons. The van der Waals surface area contributed by atoms with Crippen LogP contribution in [0.2, 0.25) is 0 Å². The number of methoxy groups -OCH3 is 1. The van der Waals surface area contributed by atoms with Crippen LogP contribution in [0.25, 0.3) is 0 Å². The van der Waals surface area contributed by atoms with E-state index in [2.05, 4.69) is 4.98 Å². The molecule has 0 saturated heterocycles. The van der Waals surface area contributed by atoms with Gasteiger partial charge in [0.2, 0.25) is 0 Å².